The molecular formula is C10H13NO3. The zero-order valence-electron chi connectivity index (χ0n) is 7.73. The molecule has 1 aromatic carbocycles. The molecule has 0 fully saturated rings. The molecule has 4 heteroatoms. The molecule has 0 spiro atoms. The third-order valence-electron chi connectivity index (χ3n) is 1.91. The first kappa shape index (κ1) is 10.4. The van der Waals surface area contributed by atoms with Crippen LogP contribution in [0.2, 0.25) is 0 Å². The molecule has 3 N–H and O–H groups in total. The van der Waals surface area contributed by atoms with Crippen molar-refractivity contribution in [3.63, 3.8) is 0 Å². The van der Waals surface area contributed by atoms with Gasteiger partial charge in [-0.05, 0) is 36.6 Å². The molecule has 0 aliphatic heterocycles. The second kappa shape index (κ2) is 5.11. The zero-order chi connectivity index (χ0) is 10.4. The second-order valence-electron chi connectivity index (χ2n) is 2.99. The largest absolute Gasteiger partial charge is 0.508 e. The summed E-state index contributed by atoms with van der Waals surface area (Å²) in [5.74, 6) is 0.315. The Balaban J connectivity index is 2.49. The topological polar surface area (TPSA) is 69.6 Å². The van der Waals surface area contributed by atoms with Gasteiger partial charge in [0.25, 0.3) is 0 Å². The molecular weight excluding hydrogens is 182 g/mol. The molecule has 76 valence electrons. The van der Waals surface area contributed by atoms with Crippen LogP contribution in [-0.4, -0.2) is 23.2 Å². The average molecular weight is 195 g/mol. The lowest BCUT2D eigenvalue weighted by Crippen LogP contribution is -2.12. The molecule has 1 aromatic rings. The maximum atomic E-state index is 9.94. The van der Waals surface area contributed by atoms with Crippen LogP contribution in [0.15, 0.2) is 18.2 Å². The molecule has 1 rings (SSSR count). The SMILES string of the molecule is O=CNCCCc1cc(O)ccc1O. The number of hydrogen-bond donors (Lipinski definition) is 3. The number of benzene rings is 1. The third kappa shape index (κ3) is 2.97. The maximum absolute atomic E-state index is 9.94. The Hall–Kier alpha value is -1.71. The number of nitrogens with one attached hydrogen (secondary N) is 1. The Kier molecular flexibility index (Phi) is 3.79. The highest BCUT2D eigenvalue weighted by Gasteiger charge is 2.01. The van der Waals surface area contributed by atoms with Crippen LogP contribution in [-0.2, 0) is 11.2 Å². The number of rotatable bonds is 5. The summed E-state index contributed by atoms with van der Waals surface area (Å²) in [6, 6.07) is 4.41. The monoisotopic (exact) mass is 195 g/mol. The van der Waals surface area contributed by atoms with Gasteiger partial charge in [-0.2, -0.15) is 0 Å². The van der Waals surface area contributed by atoms with E-state index in [0.29, 0.717) is 24.9 Å². The fourth-order valence-electron chi connectivity index (χ4n) is 1.21. The first-order chi connectivity index (χ1) is 6.74. The van der Waals surface area contributed by atoms with Gasteiger partial charge in [0.2, 0.25) is 6.41 Å². The second-order valence-corrected chi connectivity index (χ2v) is 2.99. The summed E-state index contributed by atoms with van der Waals surface area (Å²) in [4.78, 5) is 9.94. The van der Waals surface area contributed by atoms with E-state index in [9.17, 15) is 9.90 Å². The molecule has 4 nitrogen and oxygen atoms in total. The smallest absolute Gasteiger partial charge is 0.207 e. The van der Waals surface area contributed by atoms with Crippen molar-refractivity contribution >= 4 is 6.41 Å². The molecule has 0 heterocycles. The minimum atomic E-state index is 0.140. The molecule has 1 amide bonds. The molecule has 0 aliphatic rings. The number of phenolic OH excluding ortho intramolecular Hbond substituents is 2. The number of aromatic hydroxyl groups is 2. The van der Waals surface area contributed by atoms with Crippen LogP contribution in [0.4, 0.5) is 0 Å². The van der Waals surface area contributed by atoms with E-state index < -0.39 is 0 Å². The normalized spacial score (nSPS) is 9.71. The quantitative estimate of drug-likeness (QED) is 0.369. The summed E-state index contributed by atoms with van der Waals surface area (Å²) >= 11 is 0. The molecule has 0 atom stereocenters. The van der Waals surface area contributed by atoms with E-state index in [-0.39, 0.29) is 11.5 Å². The van der Waals surface area contributed by atoms with Gasteiger partial charge in [-0.15, -0.1) is 0 Å². The van der Waals surface area contributed by atoms with Gasteiger partial charge < -0.3 is 15.5 Å². The number of amides is 1. The van der Waals surface area contributed by atoms with Gasteiger partial charge in [0.1, 0.15) is 11.5 Å². The standard InChI is InChI=1S/C10H13NO3/c12-7-11-5-1-2-8-6-9(13)3-4-10(8)14/h3-4,6-7,13-14H,1-2,5H2,(H,11,12). The first-order valence-corrected chi connectivity index (χ1v) is 4.42. The highest BCUT2D eigenvalue weighted by Crippen LogP contribution is 2.22. The van der Waals surface area contributed by atoms with E-state index in [1.807, 2.05) is 0 Å². The number of hydrogen-bond acceptors (Lipinski definition) is 3. The number of phenols is 2. The van der Waals surface area contributed by atoms with Crippen molar-refractivity contribution in [3.8, 4) is 11.5 Å². The van der Waals surface area contributed by atoms with Crippen LogP contribution >= 0.6 is 0 Å². The van der Waals surface area contributed by atoms with Gasteiger partial charge in [0, 0.05) is 6.54 Å². The summed E-state index contributed by atoms with van der Waals surface area (Å²) < 4.78 is 0. The lowest BCUT2D eigenvalue weighted by molar-refractivity contribution is -0.109. The highest BCUT2D eigenvalue weighted by atomic mass is 16.3. The molecule has 0 saturated heterocycles. The van der Waals surface area contributed by atoms with E-state index in [2.05, 4.69) is 5.32 Å². The molecule has 0 aromatic heterocycles. The molecule has 0 aliphatic carbocycles. The number of carbonyl (C=O) groups excluding carboxylic acids is 1. The molecule has 0 saturated carbocycles. The lowest BCUT2D eigenvalue weighted by Gasteiger charge is -2.04. The van der Waals surface area contributed by atoms with E-state index in [1.54, 1.807) is 0 Å². The Morgan fingerprint density at radius 2 is 2.14 bits per heavy atom. The molecule has 0 bridgehead atoms. The predicted octanol–water partition coefficient (Wildman–Crippen LogP) is 0.776. The summed E-state index contributed by atoms with van der Waals surface area (Å²) in [5.41, 5.74) is 0.692. The first-order valence-electron chi connectivity index (χ1n) is 4.42. The Labute approximate surface area is 82.2 Å². The molecule has 0 unspecified atom stereocenters. The van der Waals surface area contributed by atoms with Crippen LogP contribution in [0.3, 0.4) is 0 Å². The van der Waals surface area contributed by atoms with Crippen molar-refractivity contribution in [2.45, 2.75) is 12.8 Å². The van der Waals surface area contributed by atoms with Crippen molar-refractivity contribution < 1.29 is 15.0 Å². The summed E-state index contributed by atoms with van der Waals surface area (Å²) in [5, 5.41) is 21.1. The predicted molar refractivity (Wildman–Crippen MR) is 52.2 cm³/mol. The van der Waals surface area contributed by atoms with Gasteiger partial charge >= 0.3 is 0 Å². The zero-order valence-corrected chi connectivity index (χ0v) is 7.73. The fraction of sp³-hybridized carbons (Fsp3) is 0.300. The Morgan fingerprint density at radius 3 is 2.86 bits per heavy atom. The van der Waals surface area contributed by atoms with Gasteiger partial charge in [-0.1, -0.05) is 0 Å². The Morgan fingerprint density at radius 1 is 1.36 bits per heavy atom. The van der Waals surface area contributed by atoms with Crippen molar-refractivity contribution in [1.82, 2.24) is 5.32 Å². The van der Waals surface area contributed by atoms with E-state index in [1.165, 1.54) is 18.2 Å². The van der Waals surface area contributed by atoms with Gasteiger partial charge in [-0.3, -0.25) is 4.79 Å². The lowest BCUT2D eigenvalue weighted by atomic mass is 10.1. The van der Waals surface area contributed by atoms with E-state index in [4.69, 9.17) is 5.11 Å². The van der Waals surface area contributed by atoms with Crippen LogP contribution in [0, 0.1) is 0 Å². The molecule has 14 heavy (non-hydrogen) atoms. The minimum Gasteiger partial charge on any atom is -0.508 e. The van der Waals surface area contributed by atoms with E-state index in [0.717, 1.165) is 6.42 Å². The van der Waals surface area contributed by atoms with Crippen molar-refractivity contribution in [1.29, 1.82) is 0 Å². The highest BCUT2D eigenvalue weighted by molar-refractivity contribution is 5.45. The van der Waals surface area contributed by atoms with Gasteiger partial charge in [-0.25, -0.2) is 0 Å². The van der Waals surface area contributed by atoms with Crippen LogP contribution < -0.4 is 5.32 Å². The average Bonchev–Trinajstić information content (AvgIpc) is 2.18. The van der Waals surface area contributed by atoms with Crippen LogP contribution in [0.1, 0.15) is 12.0 Å². The van der Waals surface area contributed by atoms with Gasteiger partial charge in [0.05, 0.1) is 0 Å². The summed E-state index contributed by atoms with van der Waals surface area (Å²) in [7, 11) is 0. The van der Waals surface area contributed by atoms with Crippen molar-refractivity contribution in [2.75, 3.05) is 6.54 Å². The van der Waals surface area contributed by atoms with Crippen LogP contribution in [0.5, 0.6) is 11.5 Å². The van der Waals surface area contributed by atoms with E-state index >= 15 is 0 Å². The summed E-state index contributed by atoms with van der Waals surface area (Å²) in [6.07, 6.45) is 2.00. The third-order valence-corrected chi connectivity index (χ3v) is 1.91. The summed E-state index contributed by atoms with van der Waals surface area (Å²) in [6.45, 7) is 0.568. The van der Waals surface area contributed by atoms with Crippen LogP contribution in [0.25, 0.3) is 0 Å². The molecule has 0 radical (unpaired) electrons. The minimum absolute atomic E-state index is 0.140. The van der Waals surface area contributed by atoms with Crippen molar-refractivity contribution in [2.24, 2.45) is 0 Å². The van der Waals surface area contributed by atoms with Gasteiger partial charge in [0.15, 0.2) is 0 Å². The maximum Gasteiger partial charge on any atom is 0.207 e. The van der Waals surface area contributed by atoms with Crippen molar-refractivity contribution in [3.05, 3.63) is 23.8 Å². The Bertz CT molecular complexity index is 312. The number of aryl methyl sites for hydroxylation is 1. The fourth-order valence-corrected chi connectivity index (χ4v) is 1.21. The number of carbonyl (C=O) groups is 1.